The van der Waals surface area contributed by atoms with Gasteiger partial charge in [0.2, 0.25) is 5.91 Å². The number of nitrogens with one attached hydrogen (secondary N) is 1. The molecule has 4 rings (SSSR count). The highest BCUT2D eigenvalue weighted by atomic mass is 16.5. The Hall–Kier alpha value is -3.32. The van der Waals surface area contributed by atoms with Gasteiger partial charge in [-0.05, 0) is 37.3 Å². The number of morpholine rings is 1. The minimum atomic E-state index is -0.103. The number of rotatable bonds is 4. The summed E-state index contributed by atoms with van der Waals surface area (Å²) in [6.07, 6.45) is 0. The van der Waals surface area contributed by atoms with Crippen molar-refractivity contribution in [3.8, 4) is 22.6 Å². The summed E-state index contributed by atoms with van der Waals surface area (Å²) >= 11 is 0. The van der Waals surface area contributed by atoms with Crippen LogP contribution < -0.4 is 16.0 Å². The first kappa shape index (κ1) is 19.0. The molecule has 1 amide bonds. The Balaban J connectivity index is 1.79. The summed E-state index contributed by atoms with van der Waals surface area (Å²) in [6, 6.07) is 13.4. The summed E-state index contributed by atoms with van der Waals surface area (Å²) in [5.74, 6) is 2.17. The monoisotopic (exact) mass is 392 g/mol. The number of carbonyl (C=O) groups is 1. The third kappa shape index (κ3) is 4.09. The van der Waals surface area contributed by atoms with E-state index in [9.17, 15) is 4.79 Å². The number of nitrogens with two attached hydrogens (primary N) is 1. The molecule has 1 saturated heterocycles. The van der Waals surface area contributed by atoms with Crippen molar-refractivity contribution in [2.45, 2.75) is 13.8 Å². The molecule has 0 spiro atoms. The fraction of sp³-hybridized carbons (Fsp3) is 0.273. The van der Waals surface area contributed by atoms with E-state index in [-0.39, 0.29) is 5.91 Å². The summed E-state index contributed by atoms with van der Waals surface area (Å²) in [5.41, 5.74) is 10.4. The van der Waals surface area contributed by atoms with Gasteiger partial charge in [0.25, 0.3) is 0 Å². The van der Waals surface area contributed by atoms with Crippen molar-refractivity contribution in [2.24, 2.45) is 0 Å². The Morgan fingerprint density at radius 3 is 2.48 bits per heavy atom. The van der Waals surface area contributed by atoms with Gasteiger partial charge in [0.05, 0.1) is 24.6 Å². The van der Waals surface area contributed by atoms with Crippen LogP contribution in [0.15, 0.2) is 46.9 Å². The van der Waals surface area contributed by atoms with Crippen molar-refractivity contribution < 1.29 is 13.9 Å². The van der Waals surface area contributed by atoms with Gasteiger partial charge >= 0.3 is 0 Å². The number of nitrogen functional groups attached to an aromatic ring is 1. The van der Waals surface area contributed by atoms with E-state index in [1.54, 1.807) is 0 Å². The number of furan rings is 1. The zero-order valence-electron chi connectivity index (χ0n) is 16.6. The van der Waals surface area contributed by atoms with Gasteiger partial charge in [0, 0.05) is 36.8 Å². The van der Waals surface area contributed by atoms with Gasteiger partial charge in [-0.1, -0.05) is 12.1 Å². The fourth-order valence-corrected chi connectivity index (χ4v) is 3.42. The number of aromatic nitrogens is 1. The molecule has 3 aromatic rings. The summed E-state index contributed by atoms with van der Waals surface area (Å²) in [4.78, 5) is 18.3. The summed E-state index contributed by atoms with van der Waals surface area (Å²) in [7, 11) is 0. The number of hydrogen-bond donors (Lipinski definition) is 2. The molecular formula is C22H24N4O3. The Morgan fingerprint density at radius 2 is 1.86 bits per heavy atom. The summed E-state index contributed by atoms with van der Waals surface area (Å²) in [5, 5.41) is 2.78. The third-order valence-electron chi connectivity index (χ3n) is 4.86. The van der Waals surface area contributed by atoms with E-state index in [0.717, 1.165) is 47.2 Å². The molecule has 0 unspecified atom stereocenters. The number of aryl methyl sites for hydroxylation is 1. The van der Waals surface area contributed by atoms with E-state index in [1.807, 2.05) is 49.4 Å². The number of nitrogens with zero attached hydrogens (tertiary/aromatic N) is 2. The summed E-state index contributed by atoms with van der Waals surface area (Å²) < 4.78 is 11.3. The molecule has 1 aliphatic rings. The molecule has 29 heavy (non-hydrogen) atoms. The molecule has 1 aromatic carbocycles. The molecule has 0 atom stereocenters. The molecule has 1 fully saturated rings. The molecule has 7 heteroatoms. The number of hydrogen-bond acceptors (Lipinski definition) is 6. The lowest BCUT2D eigenvalue weighted by atomic mass is 10.0. The van der Waals surface area contributed by atoms with Crippen LogP contribution in [0.5, 0.6) is 0 Å². The molecular weight excluding hydrogens is 368 g/mol. The molecule has 3 heterocycles. The minimum absolute atomic E-state index is 0.103. The van der Waals surface area contributed by atoms with Gasteiger partial charge < -0.3 is 25.1 Å². The number of carbonyl (C=O) groups excluding carboxylic acids is 1. The third-order valence-corrected chi connectivity index (χ3v) is 4.86. The summed E-state index contributed by atoms with van der Waals surface area (Å²) in [6.45, 7) is 6.16. The molecule has 2 aromatic heterocycles. The second-order valence-corrected chi connectivity index (χ2v) is 7.06. The van der Waals surface area contributed by atoms with Crippen LogP contribution in [0.4, 0.5) is 17.2 Å². The topological polar surface area (TPSA) is 93.6 Å². The minimum Gasteiger partial charge on any atom is -0.461 e. The number of amides is 1. The zero-order valence-corrected chi connectivity index (χ0v) is 16.6. The second-order valence-electron chi connectivity index (χ2n) is 7.06. The first-order valence-corrected chi connectivity index (χ1v) is 9.59. The largest absolute Gasteiger partial charge is 0.461 e. The Kier molecular flexibility index (Phi) is 5.22. The SMILES string of the molecule is CC(=O)Nc1ccc(-c2cc(-c3ccc(C)o3)c(N)c(N3CCOCC3)n2)cc1. The molecule has 0 bridgehead atoms. The quantitative estimate of drug-likeness (QED) is 0.703. The van der Waals surface area contributed by atoms with Crippen molar-refractivity contribution in [3.05, 3.63) is 48.2 Å². The van der Waals surface area contributed by atoms with E-state index in [4.69, 9.17) is 19.9 Å². The lowest BCUT2D eigenvalue weighted by Gasteiger charge is -2.29. The maximum absolute atomic E-state index is 11.3. The van der Waals surface area contributed by atoms with Gasteiger partial charge in [-0.2, -0.15) is 0 Å². The van der Waals surface area contributed by atoms with Gasteiger partial charge in [-0.25, -0.2) is 4.98 Å². The molecule has 3 N–H and O–H groups in total. The van der Waals surface area contributed by atoms with Crippen LogP contribution in [-0.4, -0.2) is 37.2 Å². The number of ether oxygens (including phenoxy) is 1. The van der Waals surface area contributed by atoms with Gasteiger partial charge in [0.1, 0.15) is 11.5 Å². The lowest BCUT2D eigenvalue weighted by Crippen LogP contribution is -2.37. The van der Waals surface area contributed by atoms with Gasteiger partial charge in [-0.3, -0.25) is 4.79 Å². The van der Waals surface area contributed by atoms with Crippen LogP contribution in [0.1, 0.15) is 12.7 Å². The van der Waals surface area contributed by atoms with Crippen LogP contribution in [0, 0.1) is 6.92 Å². The first-order chi connectivity index (χ1) is 14.0. The van der Waals surface area contributed by atoms with Crippen molar-refractivity contribution in [2.75, 3.05) is 42.3 Å². The van der Waals surface area contributed by atoms with E-state index in [0.29, 0.717) is 24.7 Å². The highest BCUT2D eigenvalue weighted by Gasteiger charge is 2.21. The normalized spacial score (nSPS) is 14.1. The lowest BCUT2D eigenvalue weighted by molar-refractivity contribution is -0.114. The van der Waals surface area contributed by atoms with Gasteiger partial charge in [-0.15, -0.1) is 0 Å². The Morgan fingerprint density at radius 1 is 1.14 bits per heavy atom. The molecule has 0 saturated carbocycles. The molecule has 7 nitrogen and oxygen atoms in total. The van der Waals surface area contributed by atoms with E-state index in [1.165, 1.54) is 6.92 Å². The number of pyridine rings is 1. The Bertz CT molecular complexity index is 1020. The zero-order chi connectivity index (χ0) is 20.4. The highest BCUT2D eigenvalue weighted by molar-refractivity contribution is 5.89. The van der Waals surface area contributed by atoms with Crippen LogP contribution in [0.25, 0.3) is 22.6 Å². The van der Waals surface area contributed by atoms with Crippen molar-refractivity contribution >= 4 is 23.1 Å². The van der Waals surface area contributed by atoms with Crippen LogP contribution in [-0.2, 0) is 9.53 Å². The number of anilines is 3. The molecule has 0 radical (unpaired) electrons. The second kappa shape index (κ2) is 7.97. The van der Waals surface area contributed by atoms with Crippen molar-refractivity contribution in [1.29, 1.82) is 0 Å². The predicted molar refractivity (Wildman–Crippen MR) is 114 cm³/mol. The first-order valence-electron chi connectivity index (χ1n) is 9.59. The van der Waals surface area contributed by atoms with E-state index < -0.39 is 0 Å². The van der Waals surface area contributed by atoms with Crippen LogP contribution in [0.3, 0.4) is 0 Å². The molecule has 0 aliphatic carbocycles. The van der Waals surface area contributed by atoms with E-state index >= 15 is 0 Å². The van der Waals surface area contributed by atoms with Gasteiger partial charge in [0.15, 0.2) is 5.82 Å². The average molecular weight is 392 g/mol. The predicted octanol–water partition coefficient (Wildman–Crippen LogP) is 3.69. The maximum Gasteiger partial charge on any atom is 0.221 e. The van der Waals surface area contributed by atoms with Crippen molar-refractivity contribution in [3.63, 3.8) is 0 Å². The maximum atomic E-state index is 11.3. The van der Waals surface area contributed by atoms with E-state index in [2.05, 4.69) is 10.2 Å². The van der Waals surface area contributed by atoms with Crippen molar-refractivity contribution in [1.82, 2.24) is 4.98 Å². The smallest absolute Gasteiger partial charge is 0.221 e. The fourth-order valence-electron chi connectivity index (χ4n) is 3.42. The standard InChI is InChI=1S/C22H24N4O3/c1-14-3-8-20(29-14)18-13-19(16-4-6-17(7-5-16)24-15(2)27)25-22(21(18)23)26-9-11-28-12-10-26/h3-8,13H,9-12,23H2,1-2H3,(H,24,27). The van der Waals surface area contributed by atoms with Crippen LogP contribution >= 0.6 is 0 Å². The Labute approximate surface area is 169 Å². The highest BCUT2D eigenvalue weighted by Crippen LogP contribution is 2.37. The number of benzene rings is 1. The average Bonchev–Trinajstić information content (AvgIpc) is 3.15. The molecule has 150 valence electrons. The molecule has 1 aliphatic heterocycles. The van der Waals surface area contributed by atoms with Crippen LogP contribution in [0.2, 0.25) is 0 Å².